The number of anilines is 1. The van der Waals surface area contributed by atoms with Crippen molar-refractivity contribution in [2.75, 3.05) is 52.7 Å². The Labute approximate surface area is 120 Å². The van der Waals surface area contributed by atoms with Crippen molar-refractivity contribution in [1.82, 2.24) is 5.32 Å². The van der Waals surface area contributed by atoms with Crippen LogP contribution in [0, 0.1) is 0 Å². The van der Waals surface area contributed by atoms with E-state index in [1.165, 1.54) is 0 Å². The van der Waals surface area contributed by atoms with Crippen LogP contribution in [0.3, 0.4) is 0 Å². The first-order valence-corrected chi connectivity index (χ1v) is 6.97. The molecule has 1 fully saturated rings. The van der Waals surface area contributed by atoms with Gasteiger partial charge < -0.3 is 19.9 Å². The largest absolute Gasteiger partial charge is 0.371 e. The highest BCUT2D eigenvalue weighted by atomic mass is 16.5. The molecule has 0 aliphatic carbocycles. The van der Waals surface area contributed by atoms with Crippen molar-refractivity contribution in [3.8, 4) is 0 Å². The van der Waals surface area contributed by atoms with Crippen molar-refractivity contribution in [3.05, 3.63) is 29.8 Å². The minimum Gasteiger partial charge on any atom is -0.371 e. The molecule has 1 saturated heterocycles. The number of likely N-dealkylation sites (N-methyl/N-ethyl adjacent to an activating group) is 1. The Kier molecular flexibility index (Phi) is 4.75. The zero-order chi connectivity index (χ0) is 14.6. The monoisotopic (exact) mass is 278 g/mol. The Morgan fingerprint density at radius 2 is 2.05 bits per heavy atom. The highest BCUT2D eigenvalue weighted by molar-refractivity contribution is 5.91. The van der Waals surface area contributed by atoms with Crippen molar-refractivity contribution in [3.63, 3.8) is 0 Å². The highest BCUT2D eigenvalue weighted by Crippen LogP contribution is 2.20. The van der Waals surface area contributed by atoms with E-state index >= 15 is 0 Å². The van der Waals surface area contributed by atoms with Crippen molar-refractivity contribution in [2.45, 2.75) is 6.10 Å². The van der Waals surface area contributed by atoms with E-state index in [0.29, 0.717) is 11.0 Å². The second kappa shape index (κ2) is 6.35. The number of benzene rings is 1. The lowest BCUT2D eigenvalue weighted by molar-refractivity contribution is -0.861. The van der Waals surface area contributed by atoms with E-state index in [2.05, 4.69) is 10.6 Å². The van der Waals surface area contributed by atoms with E-state index in [-0.39, 0.29) is 12.0 Å². The summed E-state index contributed by atoms with van der Waals surface area (Å²) in [6.45, 7) is 2.95. The van der Waals surface area contributed by atoms with Gasteiger partial charge in [0.25, 0.3) is 5.91 Å². The van der Waals surface area contributed by atoms with Crippen LogP contribution < -0.4 is 10.6 Å². The van der Waals surface area contributed by atoms with Crippen LogP contribution in [0.5, 0.6) is 0 Å². The molecule has 1 aliphatic heterocycles. The number of hydrogen-bond donors (Lipinski definition) is 2. The summed E-state index contributed by atoms with van der Waals surface area (Å²) in [4.78, 5) is 11.9. The summed E-state index contributed by atoms with van der Waals surface area (Å²) in [5.41, 5.74) is 1.97. The smallest absolute Gasteiger partial charge is 0.279 e. The van der Waals surface area contributed by atoms with Gasteiger partial charge in [0.2, 0.25) is 0 Å². The second-order valence-corrected chi connectivity index (χ2v) is 6.18. The van der Waals surface area contributed by atoms with Gasteiger partial charge in [-0.2, -0.15) is 0 Å². The SMILES string of the molecule is C[N+](C)(C)CC(=O)Nc1ccc([C@H]2CNCCO2)cc1. The van der Waals surface area contributed by atoms with E-state index in [1.807, 2.05) is 45.4 Å². The number of nitrogens with one attached hydrogen (secondary N) is 2. The number of carbonyl (C=O) groups is 1. The van der Waals surface area contributed by atoms with E-state index < -0.39 is 0 Å². The molecule has 2 rings (SSSR count). The third-order valence-corrected chi connectivity index (χ3v) is 3.11. The molecule has 2 N–H and O–H groups in total. The fourth-order valence-electron chi connectivity index (χ4n) is 2.19. The Hall–Kier alpha value is -1.43. The lowest BCUT2D eigenvalue weighted by Gasteiger charge is -2.24. The van der Waals surface area contributed by atoms with E-state index in [1.54, 1.807) is 0 Å². The van der Waals surface area contributed by atoms with Gasteiger partial charge in [-0.25, -0.2) is 0 Å². The highest BCUT2D eigenvalue weighted by Gasteiger charge is 2.16. The Morgan fingerprint density at radius 3 is 2.60 bits per heavy atom. The van der Waals surface area contributed by atoms with Crippen LogP contribution in [0.25, 0.3) is 0 Å². The number of rotatable bonds is 4. The molecule has 0 radical (unpaired) electrons. The maximum Gasteiger partial charge on any atom is 0.279 e. The summed E-state index contributed by atoms with van der Waals surface area (Å²) in [5.74, 6) is 0.0285. The molecule has 0 unspecified atom stereocenters. The molecule has 1 amide bonds. The van der Waals surface area contributed by atoms with Crippen molar-refractivity contribution < 1.29 is 14.0 Å². The molecule has 0 bridgehead atoms. The van der Waals surface area contributed by atoms with Crippen molar-refractivity contribution in [2.24, 2.45) is 0 Å². The average Bonchev–Trinajstić information content (AvgIpc) is 2.38. The topological polar surface area (TPSA) is 50.4 Å². The first-order chi connectivity index (χ1) is 9.44. The molecular formula is C15H24N3O2+. The second-order valence-electron chi connectivity index (χ2n) is 6.18. The van der Waals surface area contributed by atoms with Crippen LogP contribution in [-0.2, 0) is 9.53 Å². The fraction of sp³-hybridized carbons (Fsp3) is 0.533. The van der Waals surface area contributed by atoms with Gasteiger partial charge in [-0.1, -0.05) is 12.1 Å². The van der Waals surface area contributed by atoms with Gasteiger partial charge in [0.05, 0.1) is 33.9 Å². The number of carbonyl (C=O) groups excluding carboxylic acids is 1. The van der Waals surface area contributed by atoms with Crippen LogP contribution in [0.1, 0.15) is 11.7 Å². The molecule has 1 aromatic rings. The molecule has 0 saturated carbocycles. The van der Waals surface area contributed by atoms with Crippen LogP contribution in [0.4, 0.5) is 5.69 Å². The van der Waals surface area contributed by atoms with Gasteiger partial charge in [0.1, 0.15) is 0 Å². The summed E-state index contributed by atoms with van der Waals surface area (Å²) in [6.07, 6.45) is 0.111. The molecule has 20 heavy (non-hydrogen) atoms. The summed E-state index contributed by atoms with van der Waals surface area (Å²) in [6, 6.07) is 7.89. The Morgan fingerprint density at radius 1 is 1.35 bits per heavy atom. The number of quaternary nitrogens is 1. The van der Waals surface area contributed by atoms with E-state index in [9.17, 15) is 4.79 Å². The molecule has 5 nitrogen and oxygen atoms in total. The maximum absolute atomic E-state index is 11.9. The summed E-state index contributed by atoms with van der Waals surface area (Å²) in [5, 5.41) is 6.23. The summed E-state index contributed by atoms with van der Waals surface area (Å²) >= 11 is 0. The van der Waals surface area contributed by atoms with Gasteiger partial charge in [-0.05, 0) is 17.7 Å². The lowest BCUT2D eigenvalue weighted by atomic mass is 10.1. The number of morpholine rings is 1. The molecule has 0 aromatic heterocycles. The Bertz CT molecular complexity index is 445. The van der Waals surface area contributed by atoms with Crippen LogP contribution >= 0.6 is 0 Å². The van der Waals surface area contributed by atoms with Crippen molar-refractivity contribution >= 4 is 11.6 Å². The normalized spacial score (nSPS) is 19.6. The van der Waals surface area contributed by atoms with Gasteiger partial charge in [0, 0.05) is 18.8 Å². The standard InChI is InChI=1S/C15H23N3O2/c1-18(2,3)11-15(19)17-13-6-4-12(5-7-13)14-10-16-8-9-20-14/h4-7,14,16H,8-11H2,1-3H3/p+1/t14-/m1/s1. The van der Waals surface area contributed by atoms with Gasteiger partial charge in [-0.15, -0.1) is 0 Å². The van der Waals surface area contributed by atoms with E-state index in [4.69, 9.17) is 4.74 Å². The molecule has 1 atom stereocenters. The minimum atomic E-state index is 0.0285. The lowest BCUT2D eigenvalue weighted by Crippen LogP contribution is -2.41. The number of nitrogens with zero attached hydrogens (tertiary/aromatic N) is 1. The maximum atomic E-state index is 11.9. The fourth-order valence-corrected chi connectivity index (χ4v) is 2.19. The quantitative estimate of drug-likeness (QED) is 0.808. The van der Waals surface area contributed by atoms with Gasteiger partial charge in [0.15, 0.2) is 6.54 Å². The molecule has 0 spiro atoms. The Balaban J connectivity index is 1.92. The van der Waals surface area contributed by atoms with Gasteiger partial charge in [-0.3, -0.25) is 4.79 Å². The van der Waals surface area contributed by atoms with Crippen LogP contribution in [0.2, 0.25) is 0 Å². The summed E-state index contributed by atoms with van der Waals surface area (Å²) in [7, 11) is 5.99. The number of hydrogen-bond acceptors (Lipinski definition) is 3. The molecule has 1 heterocycles. The third-order valence-electron chi connectivity index (χ3n) is 3.11. The van der Waals surface area contributed by atoms with E-state index in [0.717, 1.165) is 30.9 Å². The predicted molar refractivity (Wildman–Crippen MR) is 79.5 cm³/mol. The van der Waals surface area contributed by atoms with Gasteiger partial charge >= 0.3 is 0 Å². The molecule has 5 heteroatoms. The predicted octanol–water partition coefficient (Wildman–Crippen LogP) is 0.992. The molecule has 1 aliphatic rings. The van der Waals surface area contributed by atoms with Crippen LogP contribution in [0.15, 0.2) is 24.3 Å². The zero-order valence-electron chi connectivity index (χ0n) is 12.5. The van der Waals surface area contributed by atoms with Crippen LogP contribution in [-0.4, -0.2) is 57.8 Å². The third kappa shape index (κ3) is 4.59. The number of ether oxygens (including phenoxy) is 1. The zero-order valence-corrected chi connectivity index (χ0v) is 12.5. The first-order valence-electron chi connectivity index (χ1n) is 6.97. The van der Waals surface area contributed by atoms with Crippen molar-refractivity contribution in [1.29, 1.82) is 0 Å². The molecule has 1 aromatic carbocycles. The number of amides is 1. The average molecular weight is 278 g/mol. The first kappa shape index (κ1) is 15.0. The summed E-state index contributed by atoms with van der Waals surface area (Å²) < 4.78 is 6.32. The molecular weight excluding hydrogens is 254 g/mol. The molecule has 110 valence electrons. The minimum absolute atomic E-state index is 0.0285.